The Morgan fingerprint density at radius 2 is 1.94 bits per heavy atom. The second-order valence-electron chi connectivity index (χ2n) is 6.59. The monoisotopic (exact) mass is 432 g/mol. The fourth-order valence-electron chi connectivity index (χ4n) is 2.78. The van der Waals surface area contributed by atoms with Gasteiger partial charge < -0.3 is 19.2 Å². The predicted molar refractivity (Wildman–Crippen MR) is 107 cm³/mol. The molecule has 0 fully saturated rings. The molecule has 2 aromatic carbocycles. The number of hydrogen-bond donors (Lipinski definition) is 1. The van der Waals surface area contributed by atoms with E-state index in [1.165, 1.54) is 42.5 Å². The number of rotatable bonds is 8. The van der Waals surface area contributed by atoms with Gasteiger partial charge in [0.2, 0.25) is 0 Å². The number of halogens is 2. The summed E-state index contributed by atoms with van der Waals surface area (Å²) in [4.78, 5) is 22.8. The number of benzene rings is 2. The van der Waals surface area contributed by atoms with Crippen LogP contribution in [0.1, 0.15) is 27.4 Å². The quantitative estimate of drug-likeness (QED) is 0.386. The number of ether oxygens (including phenoxy) is 2. The Morgan fingerprint density at radius 1 is 1.16 bits per heavy atom. The molecule has 1 heterocycles. The van der Waals surface area contributed by atoms with E-state index in [9.17, 15) is 23.7 Å². The molecule has 0 aliphatic carbocycles. The molecule has 0 bridgehead atoms. The maximum Gasteiger partial charge on any atom is 0.387 e. The summed E-state index contributed by atoms with van der Waals surface area (Å²) in [6.07, 6.45) is 0. The Kier molecular flexibility index (Phi) is 6.49. The fourth-order valence-corrected chi connectivity index (χ4v) is 2.78. The van der Waals surface area contributed by atoms with Crippen molar-refractivity contribution in [2.75, 3.05) is 5.32 Å². The minimum Gasteiger partial charge on any atom is -0.486 e. The molecule has 0 atom stereocenters. The van der Waals surface area contributed by atoms with Crippen LogP contribution in [0, 0.1) is 24.0 Å². The first kappa shape index (κ1) is 21.8. The van der Waals surface area contributed by atoms with Crippen molar-refractivity contribution in [2.45, 2.75) is 27.1 Å². The van der Waals surface area contributed by atoms with Crippen molar-refractivity contribution in [3.63, 3.8) is 0 Å². The second-order valence-corrected chi connectivity index (χ2v) is 6.59. The highest BCUT2D eigenvalue weighted by atomic mass is 19.3. The number of amides is 1. The number of furan rings is 1. The zero-order chi connectivity index (χ0) is 22.5. The summed E-state index contributed by atoms with van der Waals surface area (Å²) in [6, 6.07) is 11.7. The van der Waals surface area contributed by atoms with E-state index in [1.807, 2.05) is 0 Å². The van der Waals surface area contributed by atoms with Gasteiger partial charge in [0.05, 0.1) is 10.6 Å². The van der Waals surface area contributed by atoms with E-state index < -0.39 is 17.4 Å². The topological polar surface area (TPSA) is 104 Å². The van der Waals surface area contributed by atoms with Crippen LogP contribution in [-0.4, -0.2) is 17.4 Å². The molecule has 0 aliphatic heterocycles. The third kappa shape index (κ3) is 5.56. The van der Waals surface area contributed by atoms with Gasteiger partial charge in [0, 0.05) is 11.6 Å². The van der Waals surface area contributed by atoms with Crippen molar-refractivity contribution >= 4 is 17.3 Å². The summed E-state index contributed by atoms with van der Waals surface area (Å²) in [6.45, 7) is 0.282. The standard InChI is InChI=1S/C21H18F2N2O6/c1-12-3-7-18(31-21(22)23)16(9-12)24-20(26)19-8-5-15(30-19)11-29-14-4-6-17(25(27)28)13(2)10-14/h3-10,21H,11H2,1-2H3,(H,24,26). The largest absolute Gasteiger partial charge is 0.486 e. The van der Waals surface area contributed by atoms with Gasteiger partial charge in [0.1, 0.15) is 23.9 Å². The smallest absolute Gasteiger partial charge is 0.387 e. The van der Waals surface area contributed by atoms with Crippen molar-refractivity contribution in [3.8, 4) is 11.5 Å². The Labute approximate surface area is 175 Å². The molecule has 0 saturated heterocycles. The van der Waals surface area contributed by atoms with E-state index >= 15 is 0 Å². The van der Waals surface area contributed by atoms with Gasteiger partial charge in [-0.25, -0.2) is 0 Å². The maximum atomic E-state index is 12.6. The van der Waals surface area contributed by atoms with E-state index in [4.69, 9.17) is 9.15 Å². The molecule has 3 rings (SSSR count). The van der Waals surface area contributed by atoms with Gasteiger partial charge in [-0.05, 0) is 55.8 Å². The molecule has 162 valence electrons. The molecule has 0 radical (unpaired) electrons. The Morgan fingerprint density at radius 3 is 2.61 bits per heavy atom. The van der Waals surface area contributed by atoms with Crippen LogP contribution in [0.15, 0.2) is 52.9 Å². The number of alkyl halides is 2. The summed E-state index contributed by atoms with van der Waals surface area (Å²) < 4.78 is 40.6. The van der Waals surface area contributed by atoms with E-state index in [1.54, 1.807) is 19.9 Å². The lowest BCUT2D eigenvalue weighted by atomic mass is 10.2. The van der Waals surface area contributed by atoms with Crippen LogP contribution in [0.25, 0.3) is 0 Å². The summed E-state index contributed by atoms with van der Waals surface area (Å²) in [5.41, 5.74) is 1.25. The lowest BCUT2D eigenvalue weighted by Gasteiger charge is -2.12. The van der Waals surface area contributed by atoms with Gasteiger partial charge >= 0.3 is 6.61 Å². The van der Waals surface area contributed by atoms with Crippen LogP contribution >= 0.6 is 0 Å². The molecule has 0 unspecified atom stereocenters. The molecule has 0 aliphatic rings. The van der Waals surface area contributed by atoms with Crippen molar-refractivity contribution in [1.29, 1.82) is 0 Å². The zero-order valence-electron chi connectivity index (χ0n) is 16.6. The Hall–Kier alpha value is -3.95. The summed E-state index contributed by atoms with van der Waals surface area (Å²) in [5.74, 6) is -0.142. The van der Waals surface area contributed by atoms with E-state index in [-0.39, 0.29) is 29.5 Å². The molecule has 8 nitrogen and oxygen atoms in total. The average Bonchev–Trinajstić information content (AvgIpc) is 3.17. The third-order valence-electron chi connectivity index (χ3n) is 4.23. The van der Waals surface area contributed by atoms with Gasteiger partial charge in [-0.15, -0.1) is 0 Å². The first-order chi connectivity index (χ1) is 14.7. The molecule has 0 spiro atoms. The average molecular weight is 432 g/mol. The normalized spacial score (nSPS) is 10.7. The summed E-state index contributed by atoms with van der Waals surface area (Å²) in [5, 5.41) is 13.4. The Bertz CT molecular complexity index is 1110. The summed E-state index contributed by atoms with van der Waals surface area (Å²) in [7, 11) is 0. The van der Waals surface area contributed by atoms with Crippen LogP contribution in [0.5, 0.6) is 11.5 Å². The van der Waals surface area contributed by atoms with Crippen molar-refractivity contribution in [3.05, 3.63) is 81.3 Å². The van der Waals surface area contributed by atoms with Gasteiger partial charge in [0.15, 0.2) is 5.76 Å². The maximum absolute atomic E-state index is 12.6. The molecule has 1 N–H and O–H groups in total. The number of aryl methyl sites for hydroxylation is 2. The number of nitro groups is 1. The molecule has 10 heteroatoms. The van der Waals surface area contributed by atoms with Crippen LogP contribution in [0.3, 0.4) is 0 Å². The van der Waals surface area contributed by atoms with Gasteiger partial charge in [0.25, 0.3) is 11.6 Å². The first-order valence-electron chi connectivity index (χ1n) is 9.06. The number of carbonyl (C=O) groups excluding carboxylic acids is 1. The van der Waals surface area contributed by atoms with E-state index in [2.05, 4.69) is 10.1 Å². The van der Waals surface area contributed by atoms with Crippen molar-refractivity contribution < 1.29 is 32.4 Å². The summed E-state index contributed by atoms with van der Waals surface area (Å²) >= 11 is 0. The highest BCUT2D eigenvalue weighted by Gasteiger charge is 2.17. The van der Waals surface area contributed by atoms with Crippen molar-refractivity contribution in [1.82, 2.24) is 0 Å². The number of nitrogens with one attached hydrogen (secondary N) is 1. The molecule has 31 heavy (non-hydrogen) atoms. The highest BCUT2D eigenvalue weighted by Crippen LogP contribution is 2.28. The van der Waals surface area contributed by atoms with Crippen LogP contribution < -0.4 is 14.8 Å². The van der Waals surface area contributed by atoms with E-state index in [0.29, 0.717) is 17.1 Å². The lowest BCUT2D eigenvalue weighted by molar-refractivity contribution is -0.385. The number of anilines is 1. The first-order valence-corrected chi connectivity index (χ1v) is 9.06. The van der Waals surface area contributed by atoms with Crippen LogP contribution in [-0.2, 0) is 6.61 Å². The number of hydrogen-bond acceptors (Lipinski definition) is 6. The molecule has 1 amide bonds. The highest BCUT2D eigenvalue weighted by molar-refractivity contribution is 6.03. The minimum absolute atomic E-state index is 0.0179. The molecule has 1 aromatic heterocycles. The number of nitro benzene ring substituents is 1. The van der Waals surface area contributed by atoms with Crippen LogP contribution in [0.4, 0.5) is 20.2 Å². The number of nitrogens with zero attached hydrogens (tertiary/aromatic N) is 1. The predicted octanol–water partition coefficient (Wildman–Crippen LogP) is 5.24. The Balaban J connectivity index is 1.66. The van der Waals surface area contributed by atoms with E-state index in [0.717, 1.165) is 5.56 Å². The molecular weight excluding hydrogens is 414 g/mol. The second kappa shape index (κ2) is 9.24. The van der Waals surface area contributed by atoms with Crippen molar-refractivity contribution in [2.24, 2.45) is 0 Å². The fraction of sp³-hybridized carbons (Fsp3) is 0.190. The van der Waals surface area contributed by atoms with Gasteiger partial charge in [-0.1, -0.05) is 6.07 Å². The molecule has 0 saturated carbocycles. The molecule has 3 aromatic rings. The zero-order valence-corrected chi connectivity index (χ0v) is 16.6. The van der Waals surface area contributed by atoms with Gasteiger partial charge in [-0.2, -0.15) is 8.78 Å². The SMILES string of the molecule is Cc1ccc(OC(F)F)c(NC(=O)c2ccc(COc3ccc([N+](=O)[O-])c(C)c3)o2)c1. The molecular formula is C21H18F2N2O6. The lowest BCUT2D eigenvalue weighted by Crippen LogP contribution is -2.13. The number of carbonyl (C=O) groups is 1. The van der Waals surface area contributed by atoms with Gasteiger partial charge in [-0.3, -0.25) is 14.9 Å². The minimum atomic E-state index is -3.03. The van der Waals surface area contributed by atoms with Crippen LogP contribution in [0.2, 0.25) is 0 Å². The third-order valence-corrected chi connectivity index (χ3v) is 4.23.